The van der Waals surface area contributed by atoms with Crippen molar-refractivity contribution >= 4 is 11.6 Å². The molecule has 2 rings (SSSR count). The summed E-state index contributed by atoms with van der Waals surface area (Å²) < 4.78 is 18.5. The van der Waals surface area contributed by atoms with E-state index < -0.39 is 17.5 Å². The molecular formula is C14H12FNO3. The molecule has 0 aliphatic carbocycles. The number of anilines is 1. The Morgan fingerprint density at radius 3 is 2.68 bits per heavy atom. The lowest BCUT2D eigenvalue weighted by Gasteiger charge is -2.08. The van der Waals surface area contributed by atoms with Gasteiger partial charge < -0.3 is 15.2 Å². The number of phenolic OH excluding ortho intramolecular Hbond substituents is 1. The molecule has 0 aliphatic rings. The number of nitrogens with one attached hydrogen (secondary N) is 1. The topological polar surface area (TPSA) is 58.6 Å². The highest BCUT2D eigenvalue weighted by atomic mass is 19.1. The van der Waals surface area contributed by atoms with Crippen LogP contribution in [0.1, 0.15) is 10.4 Å². The normalized spacial score (nSPS) is 10.0. The van der Waals surface area contributed by atoms with Crippen molar-refractivity contribution in [1.29, 1.82) is 0 Å². The van der Waals surface area contributed by atoms with E-state index in [0.717, 1.165) is 6.07 Å². The molecule has 0 radical (unpaired) electrons. The molecule has 0 bridgehead atoms. The third-order valence-corrected chi connectivity index (χ3v) is 2.55. The first-order chi connectivity index (χ1) is 9.11. The maximum absolute atomic E-state index is 13.5. The van der Waals surface area contributed by atoms with Crippen molar-refractivity contribution in [3.63, 3.8) is 0 Å². The Morgan fingerprint density at radius 1 is 1.26 bits per heavy atom. The molecule has 0 atom stereocenters. The lowest BCUT2D eigenvalue weighted by Crippen LogP contribution is -2.14. The van der Waals surface area contributed by atoms with E-state index in [-0.39, 0.29) is 5.56 Å². The maximum Gasteiger partial charge on any atom is 0.262 e. The van der Waals surface area contributed by atoms with E-state index in [0.29, 0.717) is 11.4 Å². The molecule has 1 amide bonds. The lowest BCUT2D eigenvalue weighted by atomic mass is 10.1. The Balaban J connectivity index is 2.26. The molecule has 0 saturated heterocycles. The summed E-state index contributed by atoms with van der Waals surface area (Å²) in [5.74, 6) is -1.33. The van der Waals surface area contributed by atoms with Gasteiger partial charge in [-0.25, -0.2) is 4.39 Å². The molecule has 0 aliphatic heterocycles. The zero-order valence-corrected chi connectivity index (χ0v) is 10.2. The van der Waals surface area contributed by atoms with Gasteiger partial charge in [-0.2, -0.15) is 0 Å². The van der Waals surface area contributed by atoms with Crippen LogP contribution in [0.4, 0.5) is 10.1 Å². The van der Waals surface area contributed by atoms with Gasteiger partial charge in [0.25, 0.3) is 5.91 Å². The average Bonchev–Trinajstić information content (AvgIpc) is 2.38. The van der Waals surface area contributed by atoms with Gasteiger partial charge in [0, 0.05) is 11.8 Å². The Morgan fingerprint density at radius 2 is 2.00 bits per heavy atom. The largest absolute Gasteiger partial charge is 0.507 e. The van der Waals surface area contributed by atoms with E-state index in [1.807, 2.05) is 0 Å². The fourth-order valence-corrected chi connectivity index (χ4v) is 1.63. The Kier molecular flexibility index (Phi) is 3.66. The number of halogens is 1. The van der Waals surface area contributed by atoms with Crippen molar-refractivity contribution in [2.45, 2.75) is 0 Å². The summed E-state index contributed by atoms with van der Waals surface area (Å²) in [5, 5.41) is 12.0. The number of amides is 1. The van der Waals surface area contributed by atoms with Crippen LogP contribution in [0.3, 0.4) is 0 Å². The van der Waals surface area contributed by atoms with E-state index in [9.17, 15) is 14.3 Å². The van der Waals surface area contributed by atoms with Crippen molar-refractivity contribution < 1.29 is 19.0 Å². The van der Waals surface area contributed by atoms with Gasteiger partial charge >= 0.3 is 0 Å². The molecule has 0 aromatic heterocycles. The van der Waals surface area contributed by atoms with Crippen molar-refractivity contribution in [2.24, 2.45) is 0 Å². The Hall–Kier alpha value is -2.56. The van der Waals surface area contributed by atoms with Gasteiger partial charge in [-0.1, -0.05) is 12.1 Å². The third kappa shape index (κ3) is 2.82. The van der Waals surface area contributed by atoms with Crippen LogP contribution < -0.4 is 10.1 Å². The second-order valence-electron chi connectivity index (χ2n) is 3.82. The molecular weight excluding hydrogens is 249 g/mol. The third-order valence-electron chi connectivity index (χ3n) is 2.55. The van der Waals surface area contributed by atoms with Crippen LogP contribution in [0.15, 0.2) is 42.5 Å². The van der Waals surface area contributed by atoms with Crippen molar-refractivity contribution in [3.05, 3.63) is 53.8 Å². The molecule has 0 spiro atoms. The van der Waals surface area contributed by atoms with Gasteiger partial charge in [-0.05, 0) is 24.3 Å². The summed E-state index contributed by atoms with van der Waals surface area (Å²) in [5.41, 5.74) is 0.0670. The number of hydrogen-bond acceptors (Lipinski definition) is 3. The average molecular weight is 261 g/mol. The highest BCUT2D eigenvalue weighted by Gasteiger charge is 2.16. The number of ether oxygens (including phenoxy) is 1. The molecule has 98 valence electrons. The first-order valence-electron chi connectivity index (χ1n) is 5.54. The smallest absolute Gasteiger partial charge is 0.262 e. The zero-order valence-electron chi connectivity index (χ0n) is 10.2. The highest BCUT2D eigenvalue weighted by Crippen LogP contribution is 2.22. The molecule has 0 saturated carbocycles. The van der Waals surface area contributed by atoms with Gasteiger partial charge in [0.05, 0.1) is 7.11 Å². The van der Waals surface area contributed by atoms with Crippen LogP contribution in [-0.2, 0) is 0 Å². The van der Waals surface area contributed by atoms with Gasteiger partial charge in [0.15, 0.2) is 0 Å². The number of carbonyl (C=O) groups is 1. The summed E-state index contributed by atoms with van der Waals surface area (Å²) in [6.45, 7) is 0. The predicted octanol–water partition coefficient (Wildman–Crippen LogP) is 2.79. The van der Waals surface area contributed by atoms with Crippen molar-refractivity contribution in [1.82, 2.24) is 0 Å². The minimum Gasteiger partial charge on any atom is -0.507 e. The minimum atomic E-state index is -0.777. The van der Waals surface area contributed by atoms with Crippen LogP contribution in [0.2, 0.25) is 0 Å². The first kappa shape index (κ1) is 12.9. The number of phenols is 1. The van der Waals surface area contributed by atoms with Crippen molar-refractivity contribution in [3.8, 4) is 11.5 Å². The maximum atomic E-state index is 13.5. The van der Waals surface area contributed by atoms with E-state index in [1.54, 1.807) is 24.3 Å². The predicted molar refractivity (Wildman–Crippen MR) is 69.0 cm³/mol. The number of benzene rings is 2. The minimum absolute atomic E-state index is 0.384. The second kappa shape index (κ2) is 5.39. The number of methoxy groups -OCH3 is 1. The van der Waals surface area contributed by atoms with Gasteiger partial charge in [0.2, 0.25) is 0 Å². The van der Waals surface area contributed by atoms with Crippen LogP contribution in [0, 0.1) is 5.82 Å². The van der Waals surface area contributed by atoms with Gasteiger partial charge in [-0.15, -0.1) is 0 Å². The molecule has 2 aromatic carbocycles. The molecule has 19 heavy (non-hydrogen) atoms. The Bertz CT molecular complexity index is 593. The molecule has 0 heterocycles. The SMILES string of the molecule is COc1cccc(NC(=O)c2c(O)cccc2F)c1. The highest BCUT2D eigenvalue weighted by molar-refractivity contribution is 6.06. The summed E-state index contributed by atoms with van der Waals surface area (Å²) in [4.78, 5) is 11.9. The van der Waals surface area contributed by atoms with E-state index in [2.05, 4.69) is 5.32 Å². The number of carbonyl (C=O) groups excluding carboxylic acids is 1. The van der Waals surface area contributed by atoms with Crippen LogP contribution in [0.25, 0.3) is 0 Å². The van der Waals surface area contributed by atoms with Gasteiger partial charge in [0.1, 0.15) is 22.9 Å². The molecule has 4 nitrogen and oxygen atoms in total. The summed E-state index contributed by atoms with van der Waals surface area (Å²) in [7, 11) is 1.50. The summed E-state index contributed by atoms with van der Waals surface area (Å²) in [6, 6.07) is 10.3. The quantitative estimate of drug-likeness (QED) is 0.893. The summed E-state index contributed by atoms with van der Waals surface area (Å²) in [6.07, 6.45) is 0. The molecule has 0 fully saturated rings. The van der Waals surface area contributed by atoms with Crippen LogP contribution in [-0.4, -0.2) is 18.1 Å². The van der Waals surface area contributed by atoms with E-state index in [4.69, 9.17) is 4.74 Å². The number of hydrogen-bond donors (Lipinski definition) is 2. The molecule has 2 aromatic rings. The summed E-state index contributed by atoms with van der Waals surface area (Å²) >= 11 is 0. The van der Waals surface area contributed by atoms with Gasteiger partial charge in [-0.3, -0.25) is 4.79 Å². The molecule has 2 N–H and O–H groups in total. The van der Waals surface area contributed by atoms with E-state index >= 15 is 0 Å². The lowest BCUT2D eigenvalue weighted by molar-refractivity contribution is 0.102. The number of aromatic hydroxyl groups is 1. The zero-order chi connectivity index (χ0) is 13.8. The number of rotatable bonds is 3. The first-order valence-corrected chi connectivity index (χ1v) is 5.54. The molecule has 0 unspecified atom stereocenters. The molecule has 5 heteroatoms. The Labute approximate surface area is 109 Å². The fourth-order valence-electron chi connectivity index (χ4n) is 1.63. The van der Waals surface area contributed by atoms with E-state index in [1.165, 1.54) is 19.2 Å². The van der Waals surface area contributed by atoms with Crippen LogP contribution >= 0.6 is 0 Å². The standard InChI is InChI=1S/C14H12FNO3/c1-19-10-5-2-4-9(8-10)16-14(18)13-11(15)6-3-7-12(13)17/h2-8,17H,1H3,(H,16,18). The monoisotopic (exact) mass is 261 g/mol. The fraction of sp³-hybridized carbons (Fsp3) is 0.0714. The van der Waals surface area contributed by atoms with Crippen molar-refractivity contribution in [2.75, 3.05) is 12.4 Å². The second-order valence-corrected chi connectivity index (χ2v) is 3.82. The van der Waals surface area contributed by atoms with Crippen LogP contribution in [0.5, 0.6) is 11.5 Å².